The van der Waals surface area contributed by atoms with Crippen LogP contribution < -0.4 is 4.78 Å². The fraction of sp³-hybridized carbons (Fsp3) is 0.500. The fourth-order valence-corrected chi connectivity index (χ4v) is 1.68. The van der Waals surface area contributed by atoms with Crippen molar-refractivity contribution in [2.45, 2.75) is 18.8 Å². The fourth-order valence-electron chi connectivity index (χ4n) is 0.997. The average molecular weight is 169 g/mol. The molecule has 0 aromatic carbocycles. The summed E-state index contributed by atoms with van der Waals surface area (Å²) >= 11 is 1.18. The summed E-state index contributed by atoms with van der Waals surface area (Å²) in [7, 11) is -1.35. The van der Waals surface area contributed by atoms with Crippen molar-refractivity contribution in [3.63, 3.8) is 0 Å². The first-order chi connectivity index (χ1) is 5.27. The third-order valence-electron chi connectivity index (χ3n) is 1.80. The van der Waals surface area contributed by atoms with E-state index in [0.29, 0.717) is 10.7 Å². The Balaban J connectivity index is 2.18. The highest BCUT2D eigenvalue weighted by Gasteiger charge is 2.27. The molecular weight excluding hydrogens is 161 g/mol. The quantitative estimate of drug-likeness (QED) is 0.597. The zero-order valence-electron chi connectivity index (χ0n) is 5.90. The summed E-state index contributed by atoms with van der Waals surface area (Å²) in [6.45, 7) is 0. The molecule has 5 heteroatoms. The number of rotatable bonds is 2. The van der Waals surface area contributed by atoms with E-state index in [9.17, 15) is 0 Å². The average Bonchev–Trinajstić information content (AvgIpc) is 2.68. The van der Waals surface area contributed by atoms with Crippen molar-refractivity contribution in [3.05, 3.63) is 11.8 Å². The van der Waals surface area contributed by atoms with Gasteiger partial charge in [0.2, 0.25) is 0 Å². The van der Waals surface area contributed by atoms with Gasteiger partial charge in [-0.05, 0) is 30.4 Å². The van der Waals surface area contributed by atoms with Crippen molar-refractivity contribution in [2.75, 3.05) is 0 Å². The van der Waals surface area contributed by atoms with Crippen LogP contribution in [0.5, 0.6) is 0 Å². The molecule has 1 aliphatic rings. The van der Waals surface area contributed by atoms with E-state index in [1.54, 1.807) is 6.07 Å². The monoisotopic (exact) mass is 169 g/mol. The van der Waals surface area contributed by atoms with E-state index in [0.717, 1.165) is 5.69 Å². The second-order valence-corrected chi connectivity index (χ2v) is 3.64. The summed E-state index contributed by atoms with van der Waals surface area (Å²) in [6, 6.07) is 1.78. The smallest absolute Gasteiger partial charge is 0.423 e. The highest BCUT2D eigenvalue weighted by atomic mass is 32.1. The van der Waals surface area contributed by atoms with E-state index in [1.165, 1.54) is 24.4 Å². The lowest BCUT2D eigenvalue weighted by Gasteiger charge is -1.87. The van der Waals surface area contributed by atoms with Crippen LogP contribution in [0.3, 0.4) is 0 Å². The van der Waals surface area contributed by atoms with Crippen LogP contribution in [-0.4, -0.2) is 21.5 Å². The van der Waals surface area contributed by atoms with E-state index in [1.807, 2.05) is 0 Å². The van der Waals surface area contributed by atoms with Crippen LogP contribution in [0.1, 0.15) is 24.5 Å². The highest BCUT2D eigenvalue weighted by Crippen LogP contribution is 2.38. The van der Waals surface area contributed by atoms with E-state index < -0.39 is 7.12 Å². The molecule has 2 rings (SSSR count). The molecule has 0 atom stereocenters. The molecule has 0 spiro atoms. The van der Waals surface area contributed by atoms with Crippen molar-refractivity contribution in [2.24, 2.45) is 0 Å². The molecule has 1 saturated carbocycles. The lowest BCUT2D eigenvalue weighted by molar-refractivity contribution is 0.427. The first kappa shape index (κ1) is 7.27. The maximum absolute atomic E-state index is 8.77. The van der Waals surface area contributed by atoms with Crippen molar-refractivity contribution in [1.29, 1.82) is 0 Å². The lowest BCUT2D eigenvalue weighted by atomic mass is 9.89. The van der Waals surface area contributed by atoms with Crippen LogP contribution in [0.15, 0.2) is 6.07 Å². The Bertz CT molecular complexity index is 242. The van der Waals surface area contributed by atoms with E-state index in [4.69, 9.17) is 10.0 Å². The van der Waals surface area contributed by atoms with Crippen LogP contribution in [0, 0.1) is 0 Å². The Labute approximate surface area is 69.0 Å². The summed E-state index contributed by atoms with van der Waals surface area (Å²) in [6.07, 6.45) is 2.40. The van der Waals surface area contributed by atoms with Gasteiger partial charge >= 0.3 is 7.12 Å². The minimum Gasteiger partial charge on any atom is -0.423 e. The topological polar surface area (TPSA) is 53.4 Å². The van der Waals surface area contributed by atoms with Gasteiger partial charge < -0.3 is 10.0 Å². The predicted molar refractivity (Wildman–Crippen MR) is 43.9 cm³/mol. The van der Waals surface area contributed by atoms with E-state index in [-0.39, 0.29) is 0 Å². The summed E-state index contributed by atoms with van der Waals surface area (Å²) in [5, 5.41) is 17.5. The van der Waals surface area contributed by atoms with Gasteiger partial charge in [0, 0.05) is 5.92 Å². The minimum atomic E-state index is -1.35. The SMILES string of the molecule is OB(O)c1cc(C2CC2)ns1. The second-order valence-electron chi connectivity index (χ2n) is 2.80. The normalized spacial score (nSPS) is 16.9. The van der Waals surface area contributed by atoms with Gasteiger partial charge in [-0.25, -0.2) is 0 Å². The van der Waals surface area contributed by atoms with Gasteiger partial charge in [-0.2, -0.15) is 4.37 Å². The van der Waals surface area contributed by atoms with Crippen LogP contribution in [0.25, 0.3) is 0 Å². The maximum atomic E-state index is 8.77. The first-order valence-corrected chi connectivity index (χ1v) is 4.37. The predicted octanol–water partition coefficient (Wildman–Crippen LogP) is -0.300. The van der Waals surface area contributed by atoms with E-state index in [2.05, 4.69) is 4.37 Å². The van der Waals surface area contributed by atoms with Gasteiger partial charge in [0.1, 0.15) is 0 Å². The first-order valence-electron chi connectivity index (χ1n) is 3.60. The number of hydrogen-bond acceptors (Lipinski definition) is 4. The van der Waals surface area contributed by atoms with Crippen LogP contribution in [-0.2, 0) is 0 Å². The molecule has 0 unspecified atom stereocenters. The molecule has 0 bridgehead atoms. The van der Waals surface area contributed by atoms with Gasteiger partial charge in [0.05, 0.1) is 10.5 Å². The molecule has 11 heavy (non-hydrogen) atoms. The summed E-state index contributed by atoms with van der Waals surface area (Å²) in [4.78, 5) is 0. The summed E-state index contributed by atoms with van der Waals surface area (Å²) < 4.78 is 4.67. The van der Waals surface area contributed by atoms with Gasteiger partial charge in [0.25, 0.3) is 0 Å². The van der Waals surface area contributed by atoms with Gasteiger partial charge in [-0.3, -0.25) is 0 Å². The Kier molecular flexibility index (Phi) is 1.71. The highest BCUT2D eigenvalue weighted by molar-refractivity contribution is 7.17. The third-order valence-corrected chi connectivity index (χ3v) is 2.64. The van der Waals surface area contributed by atoms with Gasteiger partial charge in [0.15, 0.2) is 0 Å². The molecule has 1 fully saturated rings. The molecule has 0 aliphatic heterocycles. The second kappa shape index (κ2) is 2.58. The summed E-state index contributed by atoms with van der Waals surface area (Å²) in [5.74, 6) is 0.596. The molecule has 1 aromatic heterocycles. The largest absolute Gasteiger partial charge is 0.500 e. The van der Waals surface area contributed by atoms with Gasteiger partial charge in [-0.15, -0.1) is 0 Å². The van der Waals surface area contributed by atoms with Crippen LogP contribution in [0.4, 0.5) is 0 Å². The molecular formula is C6H8BNO2S. The maximum Gasteiger partial charge on any atom is 0.500 e. The molecule has 1 aromatic rings. The molecule has 1 aliphatic carbocycles. The third kappa shape index (κ3) is 1.45. The molecule has 3 nitrogen and oxygen atoms in total. The van der Waals surface area contributed by atoms with Crippen molar-refractivity contribution < 1.29 is 10.0 Å². The Morgan fingerprint density at radius 3 is 2.73 bits per heavy atom. The molecule has 0 radical (unpaired) electrons. The zero-order valence-corrected chi connectivity index (χ0v) is 6.71. The van der Waals surface area contributed by atoms with Crippen LogP contribution >= 0.6 is 11.5 Å². The minimum absolute atomic E-state index is 0.548. The Morgan fingerprint density at radius 1 is 1.55 bits per heavy atom. The molecule has 1 heterocycles. The van der Waals surface area contributed by atoms with Crippen LogP contribution in [0.2, 0.25) is 0 Å². The van der Waals surface area contributed by atoms with Crippen molar-refractivity contribution in [3.8, 4) is 0 Å². The number of nitrogens with zero attached hydrogens (tertiary/aromatic N) is 1. The van der Waals surface area contributed by atoms with Crippen molar-refractivity contribution >= 4 is 23.4 Å². The zero-order chi connectivity index (χ0) is 7.84. The lowest BCUT2D eigenvalue weighted by Crippen LogP contribution is -2.26. The number of hydrogen-bond donors (Lipinski definition) is 2. The van der Waals surface area contributed by atoms with Crippen molar-refractivity contribution in [1.82, 2.24) is 4.37 Å². The Hall–Kier alpha value is -0.385. The van der Waals surface area contributed by atoms with Gasteiger partial charge in [-0.1, -0.05) is 0 Å². The summed E-state index contributed by atoms with van der Waals surface area (Å²) in [5.41, 5.74) is 1.03. The molecule has 0 amide bonds. The molecule has 0 saturated heterocycles. The molecule has 2 N–H and O–H groups in total. The standard InChI is InChI=1S/C6H8BNO2S/c9-7(10)6-3-5(8-11-6)4-1-2-4/h3-4,9-10H,1-2H2. The number of aromatic nitrogens is 1. The van der Waals surface area contributed by atoms with E-state index >= 15 is 0 Å². The Morgan fingerprint density at radius 2 is 2.27 bits per heavy atom. The molecule has 58 valence electrons.